The van der Waals surface area contributed by atoms with Crippen LogP contribution in [0.15, 0.2) is 24.4 Å². The summed E-state index contributed by atoms with van der Waals surface area (Å²) in [5.41, 5.74) is -1.04. The second-order valence-corrected chi connectivity index (χ2v) is 1.91. The van der Waals surface area contributed by atoms with Crippen molar-refractivity contribution in [3.05, 3.63) is 40.1 Å². The molecule has 7 nitrogen and oxygen atoms in total. The monoisotopic (exact) mass is 220 g/mol. The van der Waals surface area contributed by atoms with E-state index in [9.17, 15) is 14.9 Å². The van der Waals surface area contributed by atoms with Gasteiger partial charge in [0.2, 0.25) is 0 Å². The normalized spacial score (nSPS) is 19.9. The van der Waals surface area contributed by atoms with Crippen LogP contribution in [0, 0.1) is 10.1 Å². The molecule has 1 rings (SSSR count). The van der Waals surface area contributed by atoms with Crippen molar-refractivity contribution in [2.45, 2.75) is 0 Å². The van der Waals surface area contributed by atoms with Crippen molar-refractivity contribution in [1.29, 1.82) is 0 Å². The lowest BCUT2D eigenvalue weighted by molar-refractivity contribution is -0.757. The number of carbonyl (C=O) groups excluding carboxylic acids is 1. The Balaban J connectivity index is 3.34. The van der Waals surface area contributed by atoms with Crippen LogP contribution < -0.4 is 5.31 Å². The molecule has 0 unspecified atom stereocenters. The van der Waals surface area contributed by atoms with E-state index in [0.29, 0.717) is 0 Å². The molecule has 80 valence electrons. The maximum atomic E-state index is 12.1. The Morgan fingerprint density at radius 2 is 2.73 bits per heavy atom. The van der Waals surface area contributed by atoms with Gasteiger partial charge in [0, 0.05) is 18.8 Å². The van der Waals surface area contributed by atoms with Gasteiger partial charge in [0.15, 0.2) is 1.41 Å². The Morgan fingerprint density at radius 1 is 1.93 bits per heavy atom. The molecule has 0 bridgehead atoms. The first-order valence-electron chi connectivity index (χ1n) is 7.80. The van der Waals surface area contributed by atoms with Gasteiger partial charge in [-0.05, 0) is 12.1 Å². The second kappa shape index (κ2) is 5.53. The van der Waals surface area contributed by atoms with E-state index in [1.807, 2.05) is 0 Å². The molecule has 1 N–H and O–H groups in total. The molecule has 0 radical (unpaired) electrons. The summed E-state index contributed by atoms with van der Waals surface area (Å²) in [7, 11) is 0. The molecular formula is C8H9N3O4. The topological polar surface area (TPSA) is 94.4 Å². The molecule has 0 saturated heterocycles. The van der Waals surface area contributed by atoms with Gasteiger partial charge < -0.3 is 10.1 Å². The van der Waals surface area contributed by atoms with E-state index >= 15 is 0 Å². The molecule has 0 spiro atoms. The van der Waals surface area contributed by atoms with E-state index in [1.165, 1.54) is 0 Å². The fourth-order valence-corrected chi connectivity index (χ4v) is 0.519. The molecular weight excluding hydrogens is 202 g/mol. The van der Waals surface area contributed by atoms with E-state index in [4.69, 9.17) is 12.4 Å². The minimum atomic E-state index is -3.75. The predicted molar refractivity (Wildman–Crippen MR) is 49.5 cm³/mol. The third-order valence-electron chi connectivity index (χ3n) is 1.00. The zero-order valence-electron chi connectivity index (χ0n) is 16.0. The van der Waals surface area contributed by atoms with Crippen molar-refractivity contribution >= 4 is 5.91 Å². The predicted octanol–water partition coefficient (Wildman–Crippen LogP) is 0.0197. The third-order valence-corrected chi connectivity index (χ3v) is 1.00. The average molecular weight is 220 g/mol. The highest BCUT2D eigenvalue weighted by Crippen LogP contribution is 1.94. The molecule has 0 atom stereocenters. The lowest BCUT2D eigenvalue weighted by Gasteiger charge is -2.03. The van der Waals surface area contributed by atoms with Crippen LogP contribution in [-0.2, 0) is 4.84 Å². The highest BCUT2D eigenvalue weighted by molar-refractivity contribution is 5.93. The fourth-order valence-electron chi connectivity index (χ4n) is 0.519. The molecule has 0 aromatic carbocycles. The number of aromatic nitrogens is 1. The van der Waals surface area contributed by atoms with Crippen molar-refractivity contribution in [3.8, 4) is 0 Å². The van der Waals surface area contributed by atoms with Gasteiger partial charge >= 0.3 is 0 Å². The first-order valence-corrected chi connectivity index (χ1v) is 3.35. The number of hydrogen-bond donors (Lipinski definition) is 1. The van der Waals surface area contributed by atoms with Crippen LogP contribution in [0.2, 0.25) is 1.41 Å². The summed E-state index contributed by atoms with van der Waals surface area (Å²) in [6, 6.07) is -1.86. The standard InChI is InChI=1S/C8H9N3O4/c12-8(7-2-1-3-9-6-7)10-4-5-15-11(13)14/h1-3,6H,4-5H2,(H,10,12)/i1D,2D,3D,4D2,5D2,6D/hD. The largest absolute Gasteiger partial charge is 0.350 e. The summed E-state index contributed by atoms with van der Waals surface area (Å²) in [6.07, 6.45) is -1.80. The van der Waals surface area contributed by atoms with Gasteiger partial charge in [-0.3, -0.25) is 9.78 Å². The number of rotatable bonds is 5. The number of carbonyl (C=O) groups is 1. The highest BCUT2D eigenvalue weighted by atomic mass is 16.9. The summed E-state index contributed by atoms with van der Waals surface area (Å²) >= 11 is 0. The average Bonchev–Trinajstić information content (AvgIpc) is 2.42. The summed E-state index contributed by atoms with van der Waals surface area (Å²) in [6.45, 7) is -7.44. The second-order valence-electron chi connectivity index (χ2n) is 1.91. The van der Waals surface area contributed by atoms with E-state index < -0.39 is 59.4 Å². The minimum absolute atomic E-state index is 0.688. The van der Waals surface area contributed by atoms with E-state index in [2.05, 4.69) is 9.82 Å². The molecule has 0 aliphatic rings. The number of nitrogens with one attached hydrogen (secondary N) is 1. The van der Waals surface area contributed by atoms with Gasteiger partial charge in [-0.15, -0.1) is 10.1 Å². The van der Waals surface area contributed by atoms with Gasteiger partial charge in [0.05, 0.1) is 16.5 Å². The Morgan fingerprint density at radius 3 is 3.47 bits per heavy atom. The van der Waals surface area contributed by atoms with Crippen molar-refractivity contribution in [2.24, 2.45) is 0 Å². The van der Waals surface area contributed by atoms with Gasteiger partial charge in [0.25, 0.3) is 11.0 Å². The van der Waals surface area contributed by atoms with Gasteiger partial charge in [-0.1, -0.05) is 0 Å². The van der Waals surface area contributed by atoms with E-state index in [1.54, 1.807) is 0 Å². The van der Waals surface area contributed by atoms with Crippen LogP contribution in [0.1, 0.15) is 21.3 Å². The molecule has 1 aromatic heterocycles. The van der Waals surface area contributed by atoms with Crippen LogP contribution in [0.4, 0.5) is 0 Å². The minimum Gasteiger partial charge on any atom is -0.350 e. The number of nitrogens with zero attached hydrogens (tertiary/aromatic N) is 2. The fraction of sp³-hybridized carbons (Fsp3) is 0.250. The third kappa shape index (κ3) is 4.03. The van der Waals surface area contributed by atoms with Crippen molar-refractivity contribution < 1.29 is 27.1 Å². The molecule has 1 aromatic rings. The van der Waals surface area contributed by atoms with Crippen LogP contribution >= 0.6 is 0 Å². The molecule has 0 aliphatic heterocycles. The number of amides is 1. The molecule has 0 saturated carbocycles. The Bertz CT molecular complexity index is 698. The molecule has 0 aliphatic carbocycles. The summed E-state index contributed by atoms with van der Waals surface area (Å²) < 4.78 is 66.0. The van der Waals surface area contributed by atoms with Gasteiger partial charge in [0.1, 0.15) is 6.56 Å². The van der Waals surface area contributed by atoms with Gasteiger partial charge in [-0.25, -0.2) is 0 Å². The summed E-state index contributed by atoms with van der Waals surface area (Å²) in [5.74, 6) is -1.76. The van der Waals surface area contributed by atoms with E-state index in [-0.39, 0.29) is 0 Å². The smallest absolute Gasteiger partial charge is 0.294 e. The Hall–Kier alpha value is -2.18. The first kappa shape index (κ1) is 3.76. The van der Waals surface area contributed by atoms with Crippen molar-refractivity contribution in [1.82, 2.24) is 10.3 Å². The number of hydrogen-bond acceptors (Lipinski definition) is 5. The quantitative estimate of drug-likeness (QED) is 0.557. The highest BCUT2D eigenvalue weighted by Gasteiger charge is 2.03. The molecule has 15 heavy (non-hydrogen) atoms. The van der Waals surface area contributed by atoms with Crippen LogP contribution in [0.5, 0.6) is 0 Å². The van der Waals surface area contributed by atoms with Crippen molar-refractivity contribution in [3.63, 3.8) is 0 Å². The maximum absolute atomic E-state index is 12.1. The SMILES string of the molecule is [2H]c1nc([2H])c(C(=O)N([2H])C([2H])([2H])C([2H])([2H])O[N+](=O)[O-])c([2H])c1[2H]. The maximum Gasteiger partial charge on any atom is 0.294 e. The number of pyridine rings is 1. The van der Waals surface area contributed by atoms with Crippen LogP contribution in [0.25, 0.3) is 0 Å². The lowest BCUT2D eigenvalue weighted by atomic mass is 10.3. The summed E-state index contributed by atoms with van der Waals surface area (Å²) in [5, 5.41) is 7.87. The Labute approximate surface area is 97.9 Å². The van der Waals surface area contributed by atoms with Crippen LogP contribution in [-0.4, -0.2) is 29.0 Å². The molecule has 1 heterocycles. The van der Waals surface area contributed by atoms with E-state index in [0.717, 1.165) is 0 Å². The zero-order chi connectivity index (χ0) is 19.0. The molecule has 7 heteroatoms. The molecule has 0 fully saturated rings. The van der Waals surface area contributed by atoms with Crippen molar-refractivity contribution in [2.75, 3.05) is 13.1 Å². The summed E-state index contributed by atoms with van der Waals surface area (Å²) in [4.78, 5) is 29.0. The van der Waals surface area contributed by atoms with Gasteiger partial charge in [-0.2, -0.15) is 0 Å². The zero-order valence-corrected chi connectivity index (χ0v) is 6.97. The molecule has 1 amide bonds. The Kier molecular flexibility index (Phi) is 1.39. The van der Waals surface area contributed by atoms with Crippen LogP contribution in [0.3, 0.4) is 0 Å². The first-order chi connectivity index (χ1) is 10.7. The lowest BCUT2D eigenvalue weighted by Crippen LogP contribution is -2.27.